The molecule has 6 rings (SSSR count). The van der Waals surface area contributed by atoms with Crippen LogP contribution in [0, 0.1) is 0 Å². The molecule has 7 heteroatoms. The molecule has 0 radical (unpaired) electrons. The standard InChI is InChI=1S/C31H21ClN2O3S/c32-25-13-11-22(12-14-25)28(35)19-34-30(36)29(38-31(34)37)16-24-18-33(27-8-4-3-7-26(24)27)17-20-9-10-21-5-1-2-6-23(21)15-20/h1-16,18H,17,19H2/b29-16-. The summed E-state index contributed by atoms with van der Waals surface area (Å²) in [5.74, 6) is -0.786. The molecule has 0 saturated carbocycles. The van der Waals surface area contributed by atoms with Crippen molar-refractivity contribution in [2.45, 2.75) is 6.54 Å². The van der Waals surface area contributed by atoms with Crippen LogP contribution < -0.4 is 0 Å². The summed E-state index contributed by atoms with van der Waals surface area (Å²) in [4.78, 5) is 39.8. The monoisotopic (exact) mass is 536 g/mol. The van der Waals surface area contributed by atoms with Gasteiger partial charge >= 0.3 is 0 Å². The zero-order valence-electron chi connectivity index (χ0n) is 20.1. The Morgan fingerprint density at radius 2 is 1.61 bits per heavy atom. The minimum Gasteiger partial charge on any atom is -0.342 e. The Morgan fingerprint density at radius 3 is 2.42 bits per heavy atom. The number of hydrogen-bond donors (Lipinski definition) is 0. The molecular weight excluding hydrogens is 516 g/mol. The van der Waals surface area contributed by atoms with Gasteiger partial charge in [-0.25, -0.2) is 0 Å². The first-order valence-corrected chi connectivity index (χ1v) is 13.3. The molecule has 1 fully saturated rings. The number of amides is 2. The van der Waals surface area contributed by atoms with Gasteiger partial charge in [-0.1, -0.05) is 66.2 Å². The van der Waals surface area contributed by atoms with Crippen LogP contribution >= 0.6 is 23.4 Å². The van der Waals surface area contributed by atoms with E-state index in [1.165, 1.54) is 10.8 Å². The first-order valence-electron chi connectivity index (χ1n) is 12.1. The van der Waals surface area contributed by atoms with Crippen LogP contribution in [0.2, 0.25) is 5.02 Å². The maximum Gasteiger partial charge on any atom is 0.293 e. The normalized spacial score (nSPS) is 14.8. The van der Waals surface area contributed by atoms with Crippen molar-refractivity contribution in [3.63, 3.8) is 0 Å². The highest BCUT2D eigenvalue weighted by atomic mass is 35.5. The van der Waals surface area contributed by atoms with E-state index in [4.69, 9.17) is 11.6 Å². The summed E-state index contributed by atoms with van der Waals surface area (Å²) in [5.41, 5.74) is 3.44. The van der Waals surface area contributed by atoms with Crippen molar-refractivity contribution in [2.75, 3.05) is 6.54 Å². The fraction of sp³-hybridized carbons (Fsp3) is 0.0645. The van der Waals surface area contributed by atoms with Gasteiger partial charge in [0.05, 0.1) is 11.4 Å². The van der Waals surface area contributed by atoms with Gasteiger partial charge in [0.15, 0.2) is 5.78 Å². The lowest BCUT2D eigenvalue weighted by Crippen LogP contribution is -2.33. The third-order valence-electron chi connectivity index (χ3n) is 6.61. The molecule has 2 amide bonds. The van der Waals surface area contributed by atoms with Crippen molar-refractivity contribution in [1.29, 1.82) is 0 Å². The van der Waals surface area contributed by atoms with Crippen LogP contribution in [0.4, 0.5) is 4.79 Å². The van der Waals surface area contributed by atoms with Crippen molar-refractivity contribution >= 4 is 68.0 Å². The first-order chi connectivity index (χ1) is 18.5. The topological polar surface area (TPSA) is 59.4 Å². The number of thioether (sulfide) groups is 1. The Kier molecular flexibility index (Phi) is 6.35. The molecule has 186 valence electrons. The molecule has 4 aromatic carbocycles. The van der Waals surface area contributed by atoms with Crippen LogP contribution in [-0.4, -0.2) is 32.9 Å². The number of Topliss-reactive ketones (excluding diaryl/α,β-unsaturated/α-hetero) is 1. The predicted octanol–water partition coefficient (Wildman–Crippen LogP) is 7.42. The zero-order valence-corrected chi connectivity index (χ0v) is 21.7. The fourth-order valence-corrected chi connectivity index (χ4v) is 5.66. The molecule has 2 heterocycles. The number of benzene rings is 4. The smallest absolute Gasteiger partial charge is 0.293 e. The summed E-state index contributed by atoms with van der Waals surface area (Å²) in [5, 5.41) is 3.42. The molecule has 1 aromatic heterocycles. The first kappa shape index (κ1) is 24.2. The van der Waals surface area contributed by atoms with Gasteiger partial charge in [-0.3, -0.25) is 19.3 Å². The van der Waals surface area contributed by atoms with Crippen molar-refractivity contribution in [3.05, 3.63) is 124 Å². The van der Waals surface area contributed by atoms with Gasteiger partial charge in [-0.05, 0) is 70.6 Å². The largest absolute Gasteiger partial charge is 0.342 e. The van der Waals surface area contributed by atoms with E-state index in [-0.39, 0.29) is 12.3 Å². The van der Waals surface area contributed by atoms with Gasteiger partial charge in [0.25, 0.3) is 11.1 Å². The van der Waals surface area contributed by atoms with Gasteiger partial charge in [0.2, 0.25) is 0 Å². The number of imide groups is 1. The van der Waals surface area contributed by atoms with E-state index in [0.717, 1.165) is 38.7 Å². The molecule has 0 spiro atoms. The number of para-hydroxylation sites is 1. The number of rotatable bonds is 6. The third kappa shape index (κ3) is 4.64. The molecule has 38 heavy (non-hydrogen) atoms. The second kappa shape index (κ2) is 9.97. The number of carbonyl (C=O) groups excluding carboxylic acids is 3. The predicted molar refractivity (Wildman–Crippen MR) is 153 cm³/mol. The molecular formula is C31H21ClN2O3S. The van der Waals surface area contributed by atoms with Gasteiger partial charge < -0.3 is 4.57 Å². The van der Waals surface area contributed by atoms with Crippen molar-refractivity contribution in [2.24, 2.45) is 0 Å². The molecule has 5 nitrogen and oxygen atoms in total. The lowest BCUT2D eigenvalue weighted by atomic mass is 10.1. The number of carbonyl (C=O) groups is 3. The summed E-state index contributed by atoms with van der Waals surface area (Å²) in [7, 11) is 0. The molecule has 5 aromatic rings. The SMILES string of the molecule is O=C(CN1C(=O)S/C(=C\c2cn(Cc3ccc4ccccc4c3)c3ccccc23)C1=O)c1ccc(Cl)cc1. The lowest BCUT2D eigenvalue weighted by molar-refractivity contribution is -0.122. The maximum atomic E-state index is 13.1. The van der Waals surface area contributed by atoms with Gasteiger partial charge in [0.1, 0.15) is 0 Å². The van der Waals surface area contributed by atoms with E-state index in [9.17, 15) is 14.4 Å². The van der Waals surface area contributed by atoms with E-state index in [1.54, 1.807) is 30.3 Å². The second-order valence-electron chi connectivity index (χ2n) is 9.11. The fourth-order valence-electron chi connectivity index (χ4n) is 4.70. The molecule has 0 atom stereocenters. The Labute approximate surface area is 228 Å². The van der Waals surface area contributed by atoms with Gasteiger partial charge in [-0.2, -0.15) is 0 Å². The zero-order chi connectivity index (χ0) is 26.2. The minimum atomic E-state index is -0.464. The van der Waals surface area contributed by atoms with Crippen molar-refractivity contribution in [3.8, 4) is 0 Å². The molecule has 1 saturated heterocycles. The molecule has 0 bridgehead atoms. The highest BCUT2D eigenvalue weighted by Crippen LogP contribution is 2.34. The highest BCUT2D eigenvalue weighted by Gasteiger charge is 2.36. The van der Waals surface area contributed by atoms with Gasteiger partial charge in [-0.15, -0.1) is 0 Å². The molecule has 1 aliphatic heterocycles. The number of halogens is 1. The van der Waals surface area contributed by atoms with Gasteiger partial charge in [0, 0.05) is 39.8 Å². The van der Waals surface area contributed by atoms with Crippen LogP contribution in [0.1, 0.15) is 21.5 Å². The highest BCUT2D eigenvalue weighted by molar-refractivity contribution is 8.18. The van der Waals surface area contributed by atoms with Crippen LogP contribution in [0.25, 0.3) is 27.8 Å². The molecule has 0 N–H and O–H groups in total. The maximum absolute atomic E-state index is 13.1. The van der Waals surface area contributed by atoms with Crippen molar-refractivity contribution in [1.82, 2.24) is 9.47 Å². The van der Waals surface area contributed by atoms with Crippen LogP contribution in [0.3, 0.4) is 0 Å². The van der Waals surface area contributed by atoms with Crippen LogP contribution in [0.15, 0.2) is 102 Å². The van der Waals surface area contributed by atoms with E-state index < -0.39 is 11.1 Å². The molecule has 0 aliphatic carbocycles. The van der Waals surface area contributed by atoms with E-state index in [1.807, 2.05) is 42.6 Å². The Hall–Kier alpha value is -4.13. The van der Waals surface area contributed by atoms with E-state index in [0.29, 0.717) is 22.0 Å². The lowest BCUT2D eigenvalue weighted by Gasteiger charge is -2.11. The number of aromatic nitrogens is 1. The third-order valence-corrected chi connectivity index (χ3v) is 7.77. The van der Waals surface area contributed by atoms with E-state index in [2.05, 4.69) is 34.9 Å². The minimum absolute atomic E-state index is 0.299. The summed E-state index contributed by atoms with van der Waals surface area (Å²) in [6, 6.07) is 29.1. The Morgan fingerprint density at radius 1 is 0.868 bits per heavy atom. The number of nitrogens with zero attached hydrogens (tertiary/aromatic N) is 2. The average Bonchev–Trinajstić information content (AvgIpc) is 3.40. The van der Waals surface area contributed by atoms with Crippen molar-refractivity contribution < 1.29 is 14.4 Å². The average molecular weight is 537 g/mol. The number of ketones is 1. The summed E-state index contributed by atoms with van der Waals surface area (Å²) < 4.78 is 2.15. The Bertz CT molecular complexity index is 1770. The molecule has 1 aliphatic rings. The quantitative estimate of drug-likeness (QED) is 0.167. The number of fused-ring (bicyclic) bond motifs is 2. The molecule has 0 unspecified atom stereocenters. The van der Waals surface area contributed by atoms with E-state index >= 15 is 0 Å². The summed E-state index contributed by atoms with van der Waals surface area (Å²) in [6.07, 6.45) is 3.75. The number of hydrogen-bond acceptors (Lipinski definition) is 4. The second-order valence-corrected chi connectivity index (χ2v) is 10.5. The van der Waals surface area contributed by atoms with Crippen LogP contribution in [-0.2, 0) is 11.3 Å². The summed E-state index contributed by atoms with van der Waals surface area (Å²) in [6.45, 7) is 0.351. The van der Waals surface area contributed by atoms with Crippen LogP contribution in [0.5, 0.6) is 0 Å². The Balaban J connectivity index is 1.28. The summed E-state index contributed by atoms with van der Waals surface area (Å²) >= 11 is 6.75.